The van der Waals surface area contributed by atoms with E-state index in [0.29, 0.717) is 6.04 Å². The Labute approximate surface area is 102 Å². The fourth-order valence-electron chi connectivity index (χ4n) is 2.11. The fraction of sp³-hybridized carbons (Fsp3) is 0.385. The molecule has 0 saturated heterocycles. The predicted octanol–water partition coefficient (Wildman–Crippen LogP) is 2.89. The van der Waals surface area contributed by atoms with Crippen molar-refractivity contribution in [3.05, 3.63) is 31.0 Å². The van der Waals surface area contributed by atoms with E-state index >= 15 is 0 Å². The molecule has 2 aromatic rings. The van der Waals surface area contributed by atoms with Gasteiger partial charge in [-0.05, 0) is 18.9 Å². The van der Waals surface area contributed by atoms with E-state index in [2.05, 4.69) is 28.4 Å². The van der Waals surface area contributed by atoms with E-state index in [4.69, 9.17) is 5.73 Å². The lowest BCUT2D eigenvalue weighted by molar-refractivity contribution is 0.475. The fourth-order valence-corrected chi connectivity index (χ4v) is 2.11. The second-order valence-electron chi connectivity index (χ2n) is 4.12. The Morgan fingerprint density at radius 1 is 1.24 bits per heavy atom. The smallest absolute Gasteiger partial charge is 0.0953 e. The molecule has 2 heterocycles. The highest BCUT2D eigenvalue weighted by Crippen LogP contribution is 2.28. The normalized spacial score (nSPS) is 11.0. The summed E-state index contributed by atoms with van der Waals surface area (Å²) in [6.07, 6.45) is 9.40. The van der Waals surface area contributed by atoms with Crippen molar-refractivity contribution in [1.29, 1.82) is 0 Å². The molecule has 0 aromatic carbocycles. The highest BCUT2D eigenvalue weighted by atomic mass is 15.1. The monoisotopic (exact) mass is 230 g/mol. The van der Waals surface area contributed by atoms with Crippen molar-refractivity contribution in [2.24, 2.45) is 0 Å². The number of pyridine rings is 1. The lowest BCUT2D eigenvalue weighted by Gasteiger charge is -2.18. The van der Waals surface area contributed by atoms with Crippen LogP contribution in [0.1, 0.15) is 32.7 Å². The van der Waals surface area contributed by atoms with Crippen LogP contribution in [0.15, 0.2) is 31.0 Å². The molecule has 4 heteroatoms. The molecule has 0 atom stereocenters. The van der Waals surface area contributed by atoms with Crippen molar-refractivity contribution in [2.75, 3.05) is 5.73 Å². The zero-order valence-corrected chi connectivity index (χ0v) is 10.3. The standard InChI is InChI=1S/C13H18N4/c1-3-10(4-2)17-9-16-8-13(17)11-7-15-6-5-12(11)14/h5-10H,3-4H2,1-2H3,(H2,14,15). The van der Waals surface area contributed by atoms with Crippen LogP contribution < -0.4 is 5.73 Å². The van der Waals surface area contributed by atoms with Gasteiger partial charge < -0.3 is 10.3 Å². The van der Waals surface area contributed by atoms with Gasteiger partial charge in [0.1, 0.15) is 0 Å². The highest BCUT2D eigenvalue weighted by Gasteiger charge is 2.13. The van der Waals surface area contributed by atoms with Crippen LogP contribution in [-0.4, -0.2) is 14.5 Å². The van der Waals surface area contributed by atoms with Gasteiger partial charge in [-0.25, -0.2) is 4.98 Å². The lowest BCUT2D eigenvalue weighted by atomic mass is 10.1. The number of nitrogen functional groups attached to an aromatic ring is 1. The molecule has 0 aliphatic rings. The van der Waals surface area contributed by atoms with Crippen LogP contribution in [0.25, 0.3) is 11.3 Å². The number of aromatic nitrogens is 3. The molecule has 0 saturated carbocycles. The molecule has 0 aliphatic heterocycles. The average Bonchev–Trinajstić information content (AvgIpc) is 2.80. The molecule has 0 bridgehead atoms. The second kappa shape index (κ2) is 4.99. The van der Waals surface area contributed by atoms with Crippen LogP contribution in [0.3, 0.4) is 0 Å². The maximum atomic E-state index is 5.98. The number of nitrogens with zero attached hydrogens (tertiary/aromatic N) is 3. The molecule has 2 rings (SSSR count). The summed E-state index contributed by atoms with van der Waals surface area (Å²) < 4.78 is 2.19. The molecule has 0 spiro atoms. The van der Waals surface area contributed by atoms with Gasteiger partial charge in [-0.2, -0.15) is 0 Å². The largest absolute Gasteiger partial charge is 0.398 e. The first kappa shape index (κ1) is 11.6. The first-order chi connectivity index (χ1) is 8.27. The second-order valence-corrected chi connectivity index (χ2v) is 4.12. The average molecular weight is 230 g/mol. The molecular formula is C13H18N4. The lowest BCUT2D eigenvalue weighted by Crippen LogP contribution is -2.07. The number of hydrogen-bond acceptors (Lipinski definition) is 3. The minimum atomic E-state index is 0.465. The first-order valence-corrected chi connectivity index (χ1v) is 5.99. The Hall–Kier alpha value is -1.84. The van der Waals surface area contributed by atoms with Crippen molar-refractivity contribution < 1.29 is 0 Å². The Morgan fingerprint density at radius 2 is 2.00 bits per heavy atom. The summed E-state index contributed by atoms with van der Waals surface area (Å²) in [6.45, 7) is 4.37. The topological polar surface area (TPSA) is 56.7 Å². The summed E-state index contributed by atoms with van der Waals surface area (Å²) in [5, 5.41) is 0. The van der Waals surface area contributed by atoms with Crippen LogP contribution in [0, 0.1) is 0 Å². The van der Waals surface area contributed by atoms with E-state index in [1.807, 2.05) is 18.6 Å². The molecule has 4 nitrogen and oxygen atoms in total. The Bertz CT molecular complexity index is 486. The minimum absolute atomic E-state index is 0.465. The third-order valence-electron chi connectivity index (χ3n) is 3.13. The maximum absolute atomic E-state index is 5.98. The Balaban J connectivity index is 2.47. The molecule has 2 aromatic heterocycles. The van der Waals surface area contributed by atoms with E-state index in [1.165, 1.54) is 0 Å². The first-order valence-electron chi connectivity index (χ1n) is 5.99. The molecular weight excluding hydrogens is 212 g/mol. The minimum Gasteiger partial charge on any atom is -0.398 e. The number of hydrogen-bond donors (Lipinski definition) is 1. The third-order valence-corrected chi connectivity index (χ3v) is 3.13. The van der Waals surface area contributed by atoms with Crippen LogP contribution in [0.4, 0.5) is 5.69 Å². The van der Waals surface area contributed by atoms with Crippen molar-refractivity contribution in [1.82, 2.24) is 14.5 Å². The molecule has 17 heavy (non-hydrogen) atoms. The number of imidazole rings is 1. The maximum Gasteiger partial charge on any atom is 0.0953 e. The van der Waals surface area contributed by atoms with Crippen molar-refractivity contribution in [3.63, 3.8) is 0 Å². The van der Waals surface area contributed by atoms with Gasteiger partial charge in [0, 0.05) is 29.7 Å². The van der Waals surface area contributed by atoms with Gasteiger partial charge in [0.05, 0.1) is 18.2 Å². The molecule has 90 valence electrons. The zero-order chi connectivity index (χ0) is 12.3. The van der Waals surface area contributed by atoms with Crippen LogP contribution in [0.2, 0.25) is 0 Å². The quantitative estimate of drug-likeness (QED) is 0.878. The van der Waals surface area contributed by atoms with Gasteiger partial charge in [0.15, 0.2) is 0 Å². The van der Waals surface area contributed by atoms with Crippen LogP contribution >= 0.6 is 0 Å². The summed E-state index contributed by atoms with van der Waals surface area (Å²) in [5.41, 5.74) is 8.73. The predicted molar refractivity (Wildman–Crippen MR) is 69.5 cm³/mol. The van der Waals surface area contributed by atoms with Gasteiger partial charge in [-0.15, -0.1) is 0 Å². The zero-order valence-electron chi connectivity index (χ0n) is 10.3. The van der Waals surface area contributed by atoms with Crippen LogP contribution in [-0.2, 0) is 0 Å². The highest BCUT2D eigenvalue weighted by molar-refractivity contribution is 5.72. The van der Waals surface area contributed by atoms with E-state index in [0.717, 1.165) is 29.8 Å². The van der Waals surface area contributed by atoms with Gasteiger partial charge in [0.2, 0.25) is 0 Å². The van der Waals surface area contributed by atoms with Crippen molar-refractivity contribution in [3.8, 4) is 11.3 Å². The van der Waals surface area contributed by atoms with Crippen LogP contribution in [0.5, 0.6) is 0 Å². The number of rotatable bonds is 4. The molecule has 0 fully saturated rings. The number of nitrogens with two attached hydrogens (primary N) is 1. The Kier molecular flexibility index (Phi) is 3.42. The molecule has 2 N–H and O–H groups in total. The molecule has 0 unspecified atom stereocenters. The Morgan fingerprint density at radius 3 is 2.65 bits per heavy atom. The number of anilines is 1. The third kappa shape index (κ3) is 2.16. The summed E-state index contributed by atoms with van der Waals surface area (Å²) in [4.78, 5) is 8.37. The molecule has 0 amide bonds. The molecule has 0 radical (unpaired) electrons. The van der Waals surface area contributed by atoms with E-state index in [1.54, 1.807) is 12.4 Å². The van der Waals surface area contributed by atoms with E-state index < -0.39 is 0 Å². The van der Waals surface area contributed by atoms with E-state index in [-0.39, 0.29) is 0 Å². The summed E-state index contributed by atoms with van der Waals surface area (Å²) in [6, 6.07) is 2.28. The molecule has 0 aliphatic carbocycles. The van der Waals surface area contributed by atoms with Gasteiger partial charge >= 0.3 is 0 Å². The summed E-state index contributed by atoms with van der Waals surface area (Å²) >= 11 is 0. The van der Waals surface area contributed by atoms with E-state index in [9.17, 15) is 0 Å². The summed E-state index contributed by atoms with van der Waals surface area (Å²) in [5.74, 6) is 0. The van der Waals surface area contributed by atoms with Crippen molar-refractivity contribution >= 4 is 5.69 Å². The van der Waals surface area contributed by atoms with Crippen molar-refractivity contribution in [2.45, 2.75) is 32.7 Å². The SMILES string of the molecule is CCC(CC)n1cncc1-c1cnccc1N. The van der Waals surface area contributed by atoms with Gasteiger partial charge in [-0.3, -0.25) is 4.98 Å². The van der Waals surface area contributed by atoms with Gasteiger partial charge in [0.25, 0.3) is 0 Å². The summed E-state index contributed by atoms with van der Waals surface area (Å²) in [7, 11) is 0. The van der Waals surface area contributed by atoms with Gasteiger partial charge in [-0.1, -0.05) is 13.8 Å².